The quantitative estimate of drug-likeness (QED) is 0.584. The fourth-order valence-corrected chi connectivity index (χ4v) is 3.32. The second-order valence-corrected chi connectivity index (χ2v) is 5.48. The molecule has 0 aliphatic carbocycles. The lowest BCUT2D eigenvalue weighted by atomic mass is 9.76. The largest absolute Gasteiger partial charge is 0.363 e. The van der Waals surface area contributed by atoms with Gasteiger partial charge in [-0.25, -0.2) is 0 Å². The number of hydrogen-bond acceptors (Lipinski definition) is 2. The number of fused-ring (bicyclic) bond motifs is 3. The first-order chi connectivity index (χ1) is 8.24. The lowest BCUT2D eigenvalue weighted by molar-refractivity contribution is 0.0215. The van der Waals surface area contributed by atoms with Crippen LogP contribution in [0.4, 0.5) is 0 Å². The molecule has 3 heterocycles. The van der Waals surface area contributed by atoms with Crippen LogP contribution in [0, 0.1) is 11.8 Å². The molecule has 3 rings (SSSR count). The van der Waals surface area contributed by atoms with Gasteiger partial charge in [-0.15, -0.1) is 6.58 Å². The minimum Gasteiger partial charge on any atom is -0.363 e. The van der Waals surface area contributed by atoms with Gasteiger partial charge >= 0.3 is 0 Å². The Balaban J connectivity index is 1.80. The first-order valence-electron chi connectivity index (χ1n) is 6.63. The van der Waals surface area contributed by atoms with E-state index < -0.39 is 0 Å². The maximum absolute atomic E-state index is 5.20. The van der Waals surface area contributed by atoms with Crippen LogP contribution in [-0.2, 0) is 0 Å². The van der Waals surface area contributed by atoms with Crippen molar-refractivity contribution in [2.45, 2.75) is 25.8 Å². The van der Waals surface area contributed by atoms with Crippen LogP contribution in [0.1, 0.15) is 19.8 Å². The minimum absolute atomic E-state index is 0.654. The lowest BCUT2D eigenvalue weighted by Gasteiger charge is -2.49. The maximum Gasteiger partial charge on any atom is 0.166 e. The summed E-state index contributed by atoms with van der Waals surface area (Å²) in [5, 5.41) is 7.25. The van der Waals surface area contributed by atoms with Gasteiger partial charge in [0.2, 0.25) is 0 Å². The summed E-state index contributed by atoms with van der Waals surface area (Å²) in [6.45, 7) is 10.3. The van der Waals surface area contributed by atoms with Gasteiger partial charge in [0.15, 0.2) is 5.11 Å². The van der Waals surface area contributed by atoms with E-state index in [1.54, 1.807) is 0 Å². The van der Waals surface area contributed by atoms with Gasteiger partial charge in [-0.1, -0.05) is 6.08 Å². The van der Waals surface area contributed by atoms with Crippen molar-refractivity contribution in [3.05, 3.63) is 12.7 Å². The Bertz CT molecular complexity index is 292. The summed E-state index contributed by atoms with van der Waals surface area (Å²) >= 11 is 5.20. The number of rotatable bonds is 4. The van der Waals surface area contributed by atoms with Crippen molar-refractivity contribution in [3.8, 4) is 0 Å². The molecule has 17 heavy (non-hydrogen) atoms. The number of piperidine rings is 3. The van der Waals surface area contributed by atoms with Crippen molar-refractivity contribution < 1.29 is 0 Å². The highest BCUT2D eigenvalue weighted by Crippen LogP contribution is 2.36. The summed E-state index contributed by atoms with van der Waals surface area (Å²) < 4.78 is 0. The Morgan fingerprint density at radius 1 is 1.53 bits per heavy atom. The zero-order valence-corrected chi connectivity index (χ0v) is 11.4. The topological polar surface area (TPSA) is 27.3 Å². The molecule has 4 heteroatoms. The summed E-state index contributed by atoms with van der Waals surface area (Å²) in [5.74, 6) is 1.55. The van der Waals surface area contributed by atoms with Gasteiger partial charge in [0.25, 0.3) is 0 Å². The summed E-state index contributed by atoms with van der Waals surface area (Å²) in [4.78, 5) is 2.59. The van der Waals surface area contributed by atoms with Gasteiger partial charge in [-0.2, -0.15) is 0 Å². The molecule has 3 saturated heterocycles. The molecule has 0 aromatic carbocycles. The van der Waals surface area contributed by atoms with E-state index in [1.165, 1.54) is 25.9 Å². The Morgan fingerprint density at radius 2 is 2.35 bits per heavy atom. The van der Waals surface area contributed by atoms with E-state index in [0.717, 1.165) is 24.1 Å². The fourth-order valence-electron chi connectivity index (χ4n) is 3.09. The van der Waals surface area contributed by atoms with Crippen LogP contribution in [0.3, 0.4) is 0 Å². The van der Waals surface area contributed by atoms with Gasteiger partial charge in [-0.05, 0) is 50.4 Å². The van der Waals surface area contributed by atoms with Crippen LogP contribution in [0.25, 0.3) is 0 Å². The van der Waals surface area contributed by atoms with Crippen molar-refractivity contribution in [3.63, 3.8) is 0 Å². The molecule has 0 radical (unpaired) electrons. The van der Waals surface area contributed by atoms with E-state index >= 15 is 0 Å². The molecule has 96 valence electrons. The molecule has 3 aliphatic heterocycles. The standard InChI is InChI=1S/C13H23N3S/c1-3-10-9-16-6-5-11(10)7-12(16)8-15-13(17)14-4-2/h3,10-12H,1,4-9H2,2H3,(H2,14,15,17). The molecule has 2 N–H and O–H groups in total. The molecular formula is C13H23N3S. The maximum atomic E-state index is 5.20. The third-order valence-electron chi connectivity index (χ3n) is 4.07. The zero-order valence-electron chi connectivity index (χ0n) is 10.6. The molecule has 0 aromatic heterocycles. The van der Waals surface area contributed by atoms with Crippen molar-refractivity contribution in [1.29, 1.82) is 0 Å². The van der Waals surface area contributed by atoms with Gasteiger partial charge in [0.05, 0.1) is 0 Å². The van der Waals surface area contributed by atoms with Crippen LogP contribution in [0.2, 0.25) is 0 Å². The molecule has 4 unspecified atom stereocenters. The number of hydrogen-bond donors (Lipinski definition) is 2. The average Bonchev–Trinajstić information content (AvgIpc) is 2.37. The smallest absolute Gasteiger partial charge is 0.166 e. The van der Waals surface area contributed by atoms with Gasteiger partial charge in [0, 0.05) is 25.7 Å². The molecule has 3 fully saturated rings. The van der Waals surface area contributed by atoms with Crippen molar-refractivity contribution in [2.75, 3.05) is 26.2 Å². The fraction of sp³-hybridized carbons (Fsp3) is 0.769. The van der Waals surface area contributed by atoms with Crippen LogP contribution in [0.5, 0.6) is 0 Å². The predicted octanol–water partition coefficient (Wildman–Crippen LogP) is 1.37. The molecule has 0 spiro atoms. The third kappa shape index (κ3) is 2.99. The van der Waals surface area contributed by atoms with Crippen LogP contribution < -0.4 is 10.6 Å². The van der Waals surface area contributed by atoms with E-state index in [0.29, 0.717) is 12.0 Å². The molecular weight excluding hydrogens is 230 g/mol. The number of nitrogens with one attached hydrogen (secondary N) is 2. The van der Waals surface area contributed by atoms with Gasteiger partial charge < -0.3 is 10.6 Å². The third-order valence-corrected chi connectivity index (χ3v) is 4.36. The highest BCUT2D eigenvalue weighted by atomic mass is 32.1. The monoisotopic (exact) mass is 253 g/mol. The highest BCUT2D eigenvalue weighted by molar-refractivity contribution is 7.80. The first-order valence-corrected chi connectivity index (χ1v) is 7.03. The molecule has 0 aromatic rings. The van der Waals surface area contributed by atoms with E-state index in [-0.39, 0.29) is 0 Å². The van der Waals surface area contributed by atoms with E-state index in [9.17, 15) is 0 Å². The van der Waals surface area contributed by atoms with Crippen LogP contribution in [-0.4, -0.2) is 42.2 Å². The predicted molar refractivity (Wildman–Crippen MR) is 76.0 cm³/mol. The number of nitrogens with zero attached hydrogens (tertiary/aromatic N) is 1. The van der Waals surface area contributed by atoms with E-state index in [1.807, 2.05) is 0 Å². The minimum atomic E-state index is 0.654. The molecule has 0 saturated carbocycles. The molecule has 3 nitrogen and oxygen atoms in total. The summed E-state index contributed by atoms with van der Waals surface area (Å²) in [7, 11) is 0. The number of thiocarbonyl (C=S) groups is 1. The zero-order chi connectivity index (χ0) is 12.3. The van der Waals surface area contributed by atoms with E-state index in [4.69, 9.17) is 12.2 Å². The Hall–Kier alpha value is -0.610. The Labute approximate surface area is 110 Å². The van der Waals surface area contributed by atoms with Crippen molar-refractivity contribution in [1.82, 2.24) is 15.5 Å². The van der Waals surface area contributed by atoms with Crippen LogP contribution >= 0.6 is 12.2 Å². The van der Waals surface area contributed by atoms with Crippen molar-refractivity contribution in [2.24, 2.45) is 11.8 Å². The molecule has 3 aliphatic rings. The average molecular weight is 253 g/mol. The van der Waals surface area contributed by atoms with Crippen molar-refractivity contribution >= 4 is 17.3 Å². The second-order valence-electron chi connectivity index (χ2n) is 5.07. The summed E-state index contributed by atoms with van der Waals surface area (Å²) in [6, 6.07) is 0.654. The molecule has 4 atom stereocenters. The van der Waals surface area contributed by atoms with Gasteiger partial charge in [-0.3, -0.25) is 4.90 Å². The first kappa shape index (κ1) is 12.8. The SMILES string of the molecule is C=CC1CN2CCC1CC2CNC(=S)NCC. The van der Waals surface area contributed by atoms with Crippen LogP contribution in [0.15, 0.2) is 12.7 Å². The van der Waals surface area contributed by atoms with E-state index in [2.05, 4.69) is 35.1 Å². The Morgan fingerprint density at radius 3 is 2.94 bits per heavy atom. The lowest BCUT2D eigenvalue weighted by Crippen LogP contribution is -2.56. The Kier molecular flexibility index (Phi) is 4.40. The van der Waals surface area contributed by atoms with Gasteiger partial charge in [0.1, 0.15) is 0 Å². The second kappa shape index (κ2) is 5.83. The highest BCUT2D eigenvalue weighted by Gasteiger charge is 2.38. The molecule has 2 bridgehead atoms. The normalized spacial score (nSPS) is 35.4. The molecule has 0 amide bonds. The summed E-state index contributed by atoms with van der Waals surface area (Å²) in [5.41, 5.74) is 0. The summed E-state index contributed by atoms with van der Waals surface area (Å²) in [6.07, 6.45) is 4.77.